The highest BCUT2D eigenvalue weighted by Gasteiger charge is 2.19. The number of carbonyl (C=O) groups excluding carboxylic acids is 1. The van der Waals surface area contributed by atoms with Crippen LogP contribution in [0, 0.1) is 43.4 Å². The number of primary amides is 1. The number of anilines is 8. The van der Waals surface area contributed by atoms with Gasteiger partial charge in [-0.15, -0.1) is 0 Å². The van der Waals surface area contributed by atoms with E-state index < -0.39 is 11.5 Å². The molecule has 0 aliphatic carbocycles. The largest absolute Gasteiger partial charge is 0.480 e. The number of carbonyl (C=O) groups is 1. The van der Waals surface area contributed by atoms with Gasteiger partial charge < -0.3 is 47.5 Å². The molecule has 0 aliphatic rings. The summed E-state index contributed by atoms with van der Waals surface area (Å²) in [6.07, 6.45) is 8.32. The summed E-state index contributed by atoms with van der Waals surface area (Å²) in [6, 6.07) is 27.4. The Morgan fingerprint density at radius 1 is 0.676 bits per heavy atom. The van der Waals surface area contributed by atoms with Gasteiger partial charge in [-0.3, -0.25) is 14.6 Å². The Kier molecular flexibility index (Phi) is 25.2. The minimum atomic E-state index is -0.825. The average molecular weight is 986 g/mol. The molecule has 0 atom stereocenters. The first-order valence-electron chi connectivity index (χ1n) is 23.2. The van der Waals surface area contributed by atoms with E-state index in [1.807, 2.05) is 99.8 Å². The lowest BCUT2D eigenvalue weighted by atomic mass is 10.2. The van der Waals surface area contributed by atoms with E-state index in [2.05, 4.69) is 89.4 Å². The molecule has 20 heteroatoms. The summed E-state index contributed by atoms with van der Waals surface area (Å²) < 4.78 is 10.4. The number of methoxy groups -OCH3 is 2. The fourth-order valence-corrected chi connectivity index (χ4v) is 6.49. The summed E-state index contributed by atoms with van der Waals surface area (Å²) in [4.78, 5) is 47.7. The number of hydrogen-bond donors (Lipinski definition) is 8. The van der Waals surface area contributed by atoms with Gasteiger partial charge in [-0.1, -0.05) is 88.2 Å². The van der Waals surface area contributed by atoms with Crippen LogP contribution in [0.1, 0.15) is 97.5 Å². The standard InChI is InChI=1S/C17H21N5O.C16H21N5O2.C14H14N4OS.C4H11N/c1-4-5-9-19-17-21-15(14(11-18)16(22-17)23-3)20-13-8-6-7-12(2)10-13;1-3-4-8-18-16-20-14(12(13(17)22)15(23)21-16)19-11-7-5-6-10(2)9-11;1-9-5-4-6-10(7-9)16-12-11(8-15)13(19-2)18-14(17-12)20-3;1-2-3-4-5/h6-8,10H,4-5,9H2,1-3H3,(H2,19,20,21,22);5-7,9H,3-4,8H2,1-2H3,(H2,17,22)(H3,18,19,20,21,23);4-7H,1-3H3,(H,16,17,18);2-5H2,1H3. The van der Waals surface area contributed by atoms with Crippen LogP contribution in [-0.4, -0.2) is 75.9 Å². The van der Waals surface area contributed by atoms with Crippen LogP contribution in [0.2, 0.25) is 0 Å². The molecule has 6 aromatic rings. The molecule has 0 bridgehead atoms. The van der Waals surface area contributed by atoms with Crippen LogP contribution >= 0.6 is 11.8 Å². The van der Waals surface area contributed by atoms with E-state index in [1.165, 1.54) is 38.8 Å². The third-order valence-corrected chi connectivity index (χ3v) is 10.3. The van der Waals surface area contributed by atoms with Crippen LogP contribution < -0.4 is 53.1 Å². The first kappa shape index (κ1) is 57.4. The SMILES string of the molecule is CCCCN.CCCCNc1nc(Nc2cccc(C)c2)c(C#N)c(OC)n1.CCCCNc1nc(Nc2cccc(C)c2)c(C(N)=O)c(=O)[nH]1.COc1nc(SC)nc(Nc2cccc(C)c2)c1C#N. The number of hydrogen-bond acceptors (Lipinski definition) is 18. The monoisotopic (exact) mass is 986 g/mol. The van der Waals surface area contributed by atoms with Crippen molar-refractivity contribution in [1.82, 2.24) is 29.9 Å². The van der Waals surface area contributed by atoms with Crippen molar-refractivity contribution >= 4 is 64.1 Å². The molecule has 6 rings (SSSR count). The normalized spacial score (nSPS) is 9.97. The van der Waals surface area contributed by atoms with Crippen molar-refractivity contribution in [2.24, 2.45) is 11.5 Å². The number of nitriles is 2. The maximum absolute atomic E-state index is 12.1. The van der Waals surface area contributed by atoms with E-state index in [0.29, 0.717) is 40.8 Å². The molecular formula is C51H67N15O4S. The zero-order valence-corrected chi connectivity index (χ0v) is 42.9. The molecular weight excluding hydrogens is 919 g/mol. The van der Waals surface area contributed by atoms with Gasteiger partial charge in [0.05, 0.1) is 14.2 Å². The first-order valence-corrected chi connectivity index (χ1v) is 24.4. The molecule has 71 heavy (non-hydrogen) atoms. The van der Waals surface area contributed by atoms with Crippen molar-refractivity contribution in [2.75, 3.05) is 66.7 Å². The van der Waals surface area contributed by atoms with Crippen molar-refractivity contribution in [3.63, 3.8) is 0 Å². The maximum atomic E-state index is 12.1. The van der Waals surface area contributed by atoms with Gasteiger partial charge in [-0.2, -0.15) is 30.5 Å². The van der Waals surface area contributed by atoms with E-state index in [-0.39, 0.29) is 28.7 Å². The van der Waals surface area contributed by atoms with Gasteiger partial charge in [0.15, 0.2) is 33.7 Å². The zero-order chi connectivity index (χ0) is 52.1. The predicted molar refractivity (Wildman–Crippen MR) is 286 cm³/mol. The molecule has 3 heterocycles. The lowest BCUT2D eigenvalue weighted by Crippen LogP contribution is -2.27. The minimum Gasteiger partial charge on any atom is -0.480 e. The van der Waals surface area contributed by atoms with Gasteiger partial charge in [0.2, 0.25) is 23.7 Å². The second-order valence-corrected chi connectivity index (χ2v) is 16.4. The number of amides is 1. The molecule has 0 aliphatic heterocycles. The molecule has 19 nitrogen and oxygen atoms in total. The summed E-state index contributed by atoms with van der Waals surface area (Å²) in [5.41, 5.74) is 16.0. The smallest absolute Gasteiger partial charge is 0.267 e. The van der Waals surface area contributed by atoms with Gasteiger partial charge >= 0.3 is 0 Å². The fraction of sp³-hybridized carbons (Fsp3) is 0.353. The number of aromatic amines is 1. The summed E-state index contributed by atoms with van der Waals surface area (Å²) in [7, 11) is 2.99. The van der Waals surface area contributed by atoms with E-state index in [0.717, 1.165) is 72.5 Å². The molecule has 0 radical (unpaired) electrons. The van der Waals surface area contributed by atoms with Crippen LogP contribution in [0.3, 0.4) is 0 Å². The third-order valence-electron chi connectivity index (χ3n) is 9.73. The number of H-pyrrole nitrogens is 1. The number of ether oxygens (including phenoxy) is 2. The molecule has 0 saturated heterocycles. The molecule has 1 amide bonds. The van der Waals surface area contributed by atoms with Gasteiger partial charge in [-0.25, -0.2) is 4.98 Å². The number of rotatable bonds is 20. The van der Waals surface area contributed by atoms with Crippen molar-refractivity contribution in [3.05, 3.63) is 117 Å². The maximum Gasteiger partial charge on any atom is 0.267 e. The summed E-state index contributed by atoms with van der Waals surface area (Å²) in [6.45, 7) is 14.6. The molecule has 10 N–H and O–H groups in total. The third kappa shape index (κ3) is 19.2. The minimum absolute atomic E-state index is 0.144. The highest BCUT2D eigenvalue weighted by molar-refractivity contribution is 7.98. The molecule has 376 valence electrons. The van der Waals surface area contributed by atoms with Crippen molar-refractivity contribution < 1.29 is 14.3 Å². The molecule has 0 spiro atoms. The number of benzene rings is 3. The summed E-state index contributed by atoms with van der Waals surface area (Å²) >= 11 is 1.39. The Morgan fingerprint density at radius 2 is 1.14 bits per heavy atom. The highest BCUT2D eigenvalue weighted by atomic mass is 32.2. The number of aromatic nitrogens is 6. The van der Waals surface area contributed by atoms with Crippen molar-refractivity contribution in [3.8, 4) is 23.9 Å². The topological polar surface area (TPSA) is 293 Å². The first-order chi connectivity index (χ1) is 34.3. The number of nitrogens with zero attached hydrogens (tertiary/aromatic N) is 7. The van der Waals surface area contributed by atoms with Crippen LogP contribution in [0.5, 0.6) is 11.8 Å². The van der Waals surface area contributed by atoms with E-state index in [4.69, 9.17) is 20.9 Å². The lowest BCUT2D eigenvalue weighted by molar-refractivity contribution is 0.0999. The summed E-state index contributed by atoms with van der Waals surface area (Å²) in [5.74, 6) is 1.50. The second kappa shape index (κ2) is 31.2. The number of unbranched alkanes of at least 4 members (excludes halogenated alkanes) is 3. The van der Waals surface area contributed by atoms with Crippen molar-refractivity contribution in [1.29, 1.82) is 10.5 Å². The van der Waals surface area contributed by atoms with E-state index >= 15 is 0 Å². The molecule has 0 fully saturated rings. The van der Waals surface area contributed by atoms with Gasteiger partial charge in [-0.05, 0) is 106 Å². The number of thioether (sulfide) groups is 1. The van der Waals surface area contributed by atoms with Gasteiger partial charge in [0.25, 0.3) is 11.5 Å². The molecule has 0 saturated carbocycles. The highest BCUT2D eigenvalue weighted by Crippen LogP contribution is 2.29. The number of nitrogens with one attached hydrogen (secondary N) is 6. The quantitative estimate of drug-likeness (QED) is 0.0200. The average Bonchev–Trinajstić information content (AvgIpc) is 3.34. The van der Waals surface area contributed by atoms with Crippen LogP contribution in [-0.2, 0) is 0 Å². The Balaban J connectivity index is 0.000000269. The summed E-state index contributed by atoms with van der Waals surface area (Å²) in [5, 5.41) is 34.7. The Bertz CT molecular complexity index is 2770. The molecule has 0 unspecified atom stereocenters. The Hall–Kier alpha value is -7.94. The predicted octanol–water partition coefficient (Wildman–Crippen LogP) is 9.63. The zero-order valence-electron chi connectivity index (χ0n) is 42.1. The number of aryl methyl sites for hydroxylation is 3. The molecule has 3 aromatic heterocycles. The molecule has 3 aromatic carbocycles. The van der Waals surface area contributed by atoms with E-state index in [1.54, 1.807) is 0 Å². The van der Waals surface area contributed by atoms with Crippen molar-refractivity contribution in [2.45, 2.75) is 85.2 Å². The Morgan fingerprint density at radius 3 is 1.55 bits per heavy atom. The van der Waals surface area contributed by atoms with Crippen LogP contribution in [0.4, 0.5) is 46.4 Å². The van der Waals surface area contributed by atoms with Gasteiger partial charge in [0.1, 0.15) is 17.7 Å². The van der Waals surface area contributed by atoms with Crippen LogP contribution in [0.25, 0.3) is 0 Å². The number of nitrogens with two attached hydrogens (primary N) is 2. The second-order valence-electron chi connectivity index (χ2n) is 15.6. The Labute approximate surface area is 421 Å². The lowest BCUT2D eigenvalue weighted by Gasteiger charge is -2.13. The van der Waals surface area contributed by atoms with E-state index in [9.17, 15) is 20.1 Å². The fourth-order valence-electron chi connectivity index (χ4n) is 6.13. The van der Waals surface area contributed by atoms with Crippen LogP contribution in [0.15, 0.2) is 82.7 Å². The van der Waals surface area contributed by atoms with Gasteiger partial charge in [0, 0.05) is 30.2 Å².